The first-order chi connectivity index (χ1) is 15.0. The molecule has 1 saturated heterocycles. The number of hydrogen-bond acceptors (Lipinski definition) is 8. The average Bonchev–Trinajstić information content (AvgIpc) is 2.78. The number of hydrogen-bond donors (Lipinski definition) is 3. The van der Waals surface area contributed by atoms with Gasteiger partial charge in [-0.05, 0) is 64.0 Å². The molecule has 0 amide bonds. The first-order valence-electron chi connectivity index (χ1n) is 10.7. The van der Waals surface area contributed by atoms with Gasteiger partial charge in [0.05, 0.1) is 23.4 Å². The topological polar surface area (TPSA) is 113 Å². The van der Waals surface area contributed by atoms with Crippen LogP contribution in [0.3, 0.4) is 0 Å². The summed E-state index contributed by atoms with van der Waals surface area (Å²) in [4.78, 5) is 15.4. The first-order valence-corrected chi connectivity index (χ1v) is 10.7. The molecule has 3 aromatic rings. The van der Waals surface area contributed by atoms with E-state index in [0.717, 1.165) is 48.9 Å². The third-order valence-corrected chi connectivity index (χ3v) is 5.77. The van der Waals surface area contributed by atoms with Crippen molar-refractivity contribution >= 4 is 28.3 Å². The zero-order valence-electron chi connectivity index (χ0n) is 18.1. The predicted molar refractivity (Wildman–Crippen MR) is 124 cm³/mol. The van der Waals surface area contributed by atoms with Gasteiger partial charge in [-0.3, -0.25) is 5.41 Å². The van der Waals surface area contributed by atoms with Gasteiger partial charge in [-0.15, -0.1) is 0 Å². The molecule has 0 aliphatic carbocycles. The Morgan fingerprint density at radius 1 is 1.23 bits per heavy atom. The van der Waals surface area contributed by atoms with Crippen molar-refractivity contribution in [1.82, 2.24) is 19.9 Å². The van der Waals surface area contributed by atoms with Crippen LogP contribution >= 0.6 is 0 Å². The van der Waals surface area contributed by atoms with E-state index >= 15 is 0 Å². The van der Waals surface area contributed by atoms with Crippen LogP contribution in [0, 0.1) is 11.3 Å². The maximum atomic E-state index is 8.83. The molecule has 1 aliphatic rings. The lowest BCUT2D eigenvalue weighted by molar-refractivity contribution is 0.226. The predicted octanol–water partition coefficient (Wildman–Crippen LogP) is 3.18. The molecule has 31 heavy (non-hydrogen) atoms. The molecule has 0 atom stereocenters. The fourth-order valence-electron chi connectivity index (χ4n) is 3.92. The molecule has 4 rings (SSSR count). The Morgan fingerprint density at radius 2 is 2.03 bits per heavy atom. The highest BCUT2D eigenvalue weighted by molar-refractivity contribution is 6.17. The van der Waals surface area contributed by atoms with Crippen LogP contribution in [0.2, 0.25) is 0 Å². The van der Waals surface area contributed by atoms with Crippen LogP contribution in [0.15, 0.2) is 36.7 Å². The van der Waals surface area contributed by atoms with E-state index < -0.39 is 0 Å². The maximum absolute atomic E-state index is 8.83. The van der Waals surface area contributed by atoms with Crippen LogP contribution in [0.4, 0.5) is 11.6 Å². The number of benzene rings is 1. The number of aromatic nitrogens is 3. The van der Waals surface area contributed by atoms with Gasteiger partial charge >= 0.3 is 0 Å². The van der Waals surface area contributed by atoms with Crippen molar-refractivity contribution in [3.63, 3.8) is 0 Å². The number of piperidine rings is 1. The van der Waals surface area contributed by atoms with Gasteiger partial charge in [0.2, 0.25) is 5.88 Å². The second-order valence-electron chi connectivity index (χ2n) is 7.98. The number of nitrogens with zero attached hydrogens (tertiary/aromatic N) is 4. The summed E-state index contributed by atoms with van der Waals surface area (Å²) in [5.41, 5.74) is 8.57. The largest absolute Gasteiger partial charge is 0.478 e. The molecule has 1 aliphatic heterocycles. The molecule has 8 heteroatoms. The summed E-state index contributed by atoms with van der Waals surface area (Å²) in [7, 11) is 2.16. The second-order valence-corrected chi connectivity index (χ2v) is 7.98. The molecule has 162 valence electrons. The highest BCUT2D eigenvalue weighted by atomic mass is 16.5. The van der Waals surface area contributed by atoms with Gasteiger partial charge in [0.1, 0.15) is 18.0 Å². The molecule has 0 spiro atoms. The molecule has 0 unspecified atom stereocenters. The smallest absolute Gasteiger partial charge is 0.213 e. The molecule has 1 aromatic carbocycles. The lowest BCUT2D eigenvalue weighted by atomic mass is 9.97. The highest BCUT2D eigenvalue weighted by Crippen LogP contribution is 2.25. The van der Waals surface area contributed by atoms with Crippen molar-refractivity contribution in [1.29, 1.82) is 5.41 Å². The minimum atomic E-state index is 0.291. The van der Waals surface area contributed by atoms with Crippen LogP contribution in [0.5, 0.6) is 5.88 Å². The Balaban J connectivity index is 1.57. The van der Waals surface area contributed by atoms with E-state index in [0.29, 0.717) is 41.3 Å². The molecule has 0 radical (unpaired) electrons. The number of nitrogens with one attached hydrogen (secondary N) is 2. The van der Waals surface area contributed by atoms with Crippen molar-refractivity contribution in [2.24, 2.45) is 5.92 Å². The van der Waals surface area contributed by atoms with Crippen LogP contribution < -0.4 is 15.8 Å². The van der Waals surface area contributed by atoms with Crippen molar-refractivity contribution in [2.45, 2.75) is 19.8 Å². The van der Waals surface area contributed by atoms with Crippen LogP contribution in [-0.2, 0) is 0 Å². The Kier molecular flexibility index (Phi) is 6.27. The average molecular weight is 420 g/mol. The van der Waals surface area contributed by atoms with Gasteiger partial charge in [0.25, 0.3) is 0 Å². The molecule has 4 N–H and O–H groups in total. The van der Waals surface area contributed by atoms with E-state index in [1.54, 1.807) is 0 Å². The Labute approximate surface area is 182 Å². The summed E-state index contributed by atoms with van der Waals surface area (Å²) < 4.78 is 5.48. The summed E-state index contributed by atoms with van der Waals surface area (Å²) in [5, 5.41) is 13.2. The lowest BCUT2D eigenvalue weighted by Gasteiger charge is -2.29. The van der Waals surface area contributed by atoms with E-state index in [4.69, 9.17) is 15.9 Å². The number of nitrogens with two attached hydrogens (primary N) is 1. The number of anilines is 2. The van der Waals surface area contributed by atoms with E-state index in [1.807, 2.05) is 37.3 Å². The van der Waals surface area contributed by atoms with Crippen molar-refractivity contribution in [2.75, 3.05) is 44.3 Å². The number of likely N-dealkylation sites (tertiary alicyclic amines) is 1. The minimum absolute atomic E-state index is 0.291. The Morgan fingerprint density at radius 3 is 2.81 bits per heavy atom. The van der Waals surface area contributed by atoms with Crippen molar-refractivity contribution in [3.8, 4) is 5.88 Å². The van der Waals surface area contributed by atoms with Crippen molar-refractivity contribution < 1.29 is 4.74 Å². The minimum Gasteiger partial charge on any atom is -0.478 e. The highest BCUT2D eigenvalue weighted by Gasteiger charge is 2.20. The molecule has 3 heterocycles. The molecule has 2 aromatic heterocycles. The van der Waals surface area contributed by atoms with Crippen LogP contribution in [0.25, 0.3) is 10.9 Å². The van der Waals surface area contributed by atoms with Gasteiger partial charge in [-0.1, -0.05) is 6.07 Å². The van der Waals surface area contributed by atoms with Gasteiger partial charge in [-0.25, -0.2) is 15.0 Å². The molecule has 1 fully saturated rings. The summed E-state index contributed by atoms with van der Waals surface area (Å²) in [6.07, 6.45) is 3.75. The Bertz CT molecular complexity index is 1080. The fourth-order valence-corrected chi connectivity index (χ4v) is 3.92. The standard InChI is InChI=1S/C23H29N7O/c1-3-31-19-7-5-16-12-17(4-6-18(16)29-19)21(24)20-22(25)27-14-28-23(20)26-13-15-8-10-30(2)11-9-15/h4-7,12,14-15,24H,3,8-11,13H2,1-2H3,(H3,25,26,27,28). The normalized spacial score (nSPS) is 15.2. The molecular weight excluding hydrogens is 390 g/mol. The monoisotopic (exact) mass is 419 g/mol. The van der Waals surface area contributed by atoms with Gasteiger partial charge < -0.3 is 20.7 Å². The maximum Gasteiger partial charge on any atom is 0.213 e. The SMILES string of the molecule is CCOc1ccc2cc(C(=N)c3c(N)ncnc3NCC3CCN(C)CC3)ccc2n1. The summed E-state index contributed by atoms with van der Waals surface area (Å²) in [6.45, 7) is 5.53. The van der Waals surface area contributed by atoms with Crippen LogP contribution in [0.1, 0.15) is 30.9 Å². The first kappa shape index (κ1) is 21.0. The third-order valence-electron chi connectivity index (χ3n) is 5.77. The van der Waals surface area contributed by atoms with Gasteiger partial charge in [0.15, 0.2) is 0 Å². The zero-order valence-corrected chi connectivity index (χ0v) is 18.1. The third kappa shape index (κ3) is 4.74. The summed E-state index contributed by atoms with van der Waals surface area (Å²) in [6, 6.07) is 9.50. The fraction of sp³-hybridized carbons (Fsp3) is 0.391. The number of ether oxygens (including phenoxy) is 1. The van der Waals surface area contributed by atoms with Crippen molar-refractivity contribution in [3.05, 3.63) is 47.8 Å². The number of rotatable bonds is 7. The Hall–Kier alpha value is -3.26. The molecule has 0 saturated carbocycles. The summed E-state index contributed by atoms with van der Waals surface area (Å²) in [5.74, 6) is 2.09. The second kappa shape index (κ2) is 9.26. The van der Waals surface area contributed by atoms with E-state index in [2.05, 4.69) is 32.2 Å². The quantitative estimate of drug-likeness (QED) is 0.504. The van der Waals surface area contributed by atoms with E-state index in [1.165, 1.54) is 6.33 Å². The molecule has 0 bridgehead atoms. The summed E-state index contributed by atoms with van der Waals surface area (Å²) >= 11 is 0. The van der Waals surface area contributed by atoms with E-state index in [9.17, 15) is 0 Å². The number of pyridine rings is 1. The zero-order chi connectivity index (χ0) is 21.8. The lowest BCUT2D eigenvalue weighted by Crippen LogP contribution is -2.33. The van der Waals surface area contributed by atoms with Crippen LogP contribution in [-0.4, -0.2) is 58.9 Å². The number of nitrogen functional groups attached to an aromatic ring is 1. The van der Waals surface area contributed by atoms with E-state index in [-0.39, 0.29) is 0 Å². The van der Waals surface area contributed by atoms with Gasteiger partial charge in [-0.2, -0.15) is 0 Å². The molecular formula is C23H29N7O. The molecule has 8 nitrogen and oxygen atoms in total. The van der Waals surface area contributed by atoms with Gasteiger partial charge in [0, 0.05) is 23.6 Å². The number of fused-ring (bicyclic) bond motifs is 1.